The molecule has 0 aliphatic heterocycles. The molecule has 0 saturated carbocycles. The van der Waals surface area contributed by atoms with Crippen molar-refractivity contribution in [1.82, 2.24) is 5.32 Å². The zero-order valence-corrected chi connectivity index (χ0v) is 12.2. The molecule has 2 atom stereocenters. The summed E-state index contributed by atoms with van der Waals surface area (Å²) in [6, 6.07) is 9.32. The lowest BCUT2D eigenvalue weighted by Gasteiger charge is -2.25. The van der Waals surface area contributed by atoms with Crippen molar-refractivity contribution in [3.05, 3.63) is 35.4 Å². The lowest BCUT2D eigenvalue weighted by Crippen LogP contribution is -2.41. The predicted octanol–water partition coefficient (Wildman–Crippen LogP) is 3.19. The molecule has 0 aliphatic carbocycles. The Morgan fingerprint density at radius 3 is 2.17 bits per heavy atom. The van der Waals surface area contributed by atoms with Gasteiger partial charge in [0.15, 0.2) is 0 Å². The van der Waals surface area contributed by atoms with Crippen molar-refractivity contribution in [2.75, 3.05) is 13.2 Å². The van der Waals surface area contributed by atoms with E-state index in [1.165, 1.54) is 11.1 Å². The Kier molecular flexibility index (Phi) is 6.99. The van der Waals surface area contributed by atoms with E-state index in [1.807, 2.05) is 0 Å². The smallest absolute Gasteiger partial charge is 0.0703 e. The second-order valence-corrected chi connectivity index (χ2v) is 4.70. The van der Waals surface area contributed by atoms with Gasteiger partial charge in [-0.2, -0.15) is 0 Å². The molecule has 0 amide bonds. The van der Waals surface area contributed by atoms with Crippen LogP contribution in [-0.2, 0) is 17.6 Å². The zero-order valence-electron chi connectivity index (χ0n) is 12.2. The average Bonchev–Trinajstić information content (AvgIpc) is 2.39. The number of likely N-dealkylation sites (N-methyl/N-ethyl adjacent to an activating group) is 1. The Bertz CT molecular complexity index is 320. The van der Waals surface area contributed by atoms with Gasteiger partial charge in [0.1, 0.15) is 0 Å². The molecule has 1 N–H and O–H groups in total. The second kappa shape index (κ2) is 8.28. The van der Waals surface area contributed by atoms with Crippen molar-refractivity contribution in [3.63, 3.8) is 0 Å². The fourth-order valence-electron chi connectivity index (χ4n) is 2.21. The summed E-state index contributed by atoms with van der Waals surface area (Å²) in [7, 11) is 0. The molecule has 0 radical (unpaired) electrons. The minimum Gasteiger partial charge on any atom is -0.377 e. The molecule has 0 saturated heterocycles. The molecule has 1 aromatic carbocycles. The predicted molar refractivity (Wildman–Crippen MR) is 78.1 cm³/mol. The highest BCUT2D eigenvalue weighted by atomic mass is 16.5. The van der Waals surface area contributed by atoms with Gasteiger partial charge in [-0.15, -0.1) is 0 Å². The lowest BCUT2D eigenvalue weighted by molar-refractivity contribution is 0.0480. The number of hydrogen-bond donors (Lipinski definition) is 1. The number of rotatable bonds is 8. The maximum absolute atomic E-state index is 5.71. The van der Waals surface area contributed by atoms with Crippen LogP contribution < -0.4 is 5.32 Å². The molecule has 2 unspecified atom stereocenters. The summed E-state index contributed by atoms with van der Waals surface area (Å²) < 4.78 is 5.71. The molecule has 18 heavy (non-hydrogen) atoms. The van der Waals surface area contributed by atoms with E-state index in [0.29, 0.717) is 6.04 Å². The van der Waals surface area contributed by atoms with Gasteiger partial charge in [0.25, 0.3) is 0 Å². The van der Waals surface area contributed by atoms with E-state index in [1.54, 1.807) is 0 Å². The molecule has 2 nitrogen and oxygen atoms in total. The van der Waals surface area contributed by atoms with Crippen LogP contribution in [-0.4, -0.2) is 25.3 Å². The van der Waals surface area contributed by atoms with Crippen molar-refractivity contribution in [3.8, 4) is 0 Å². The quantitative estimate of drug-likeness (QED) is 0.764. The maximum atomic E-state index is 5.71. The molecule has 0 fully saturated rings. The number of aryl methyl sites for hydroxylation is 1. The third-order valence-electron chi connectivity index (χ3n) is 3.35. The third-order valence-corrected chi connectivity index (χ3v) is 3.35. The van der Waals surface area contributed by atoms with Gasteiger partial charge in [-0.05, 0) is 44.4 Å². The van der Waals surface area contributed by atoms with Crippen LogP contribution in [0, 0.1) is 0 Å². The Morgan fingerprint density at radius 1 is 1.06 bits per heavy atom. The van der Waals surface area contributed by atoms with E-state index >= 15 is 0 Å². The SMILES string of the molecule is CCNC(Cc1ccc(CC)cc1)C(C)OCC. The first-order valence-corrected chi connectivity index (χ1v) is 7.14. The summed E-state index contributed by atoms with van der Waals surface area (Å²) >= 11 is 0. The van der Waals surface area contributed by atoms with Crippen LogP contribution in [0.5, 0.6) is 0 Å². The summed E-state index contributed by atoms with van der Waals surface area (Å²) in [4.78, 5) is 0. The van der Waals surface area contributed by atoms with Gasteiger partial charge < -0.3 is 10.1 Å². The van der Waals surface area contributed by atoms with Crippen molar-refractivity contribution < 1.29 is 4.74 Å². The Balaban J connectivity index is 2.63. The molecule has 1 aromatic rings. The molecular weight excluding hydrogens is 222 g/mol. The number of hydrogen-bond acceptors (Lipinski definition) is 2. The van der Waals surface area contributed by atoms with E-state index in [2.05, 4.69) is 57.3 Å². The van der Waals surface area contributed by atoms with E-state index < -0.39 is 0 Å². The number of benzene rings is 1. The Morgan fingerprint density at radius 2 is 1.67 bits per heavy atom. The van der Waals surface area contributed by atoms with Crippen molar-refractivity contribution >= 4 is 0 Å². The summed E-state index contributed by atoms with van der Waals surface area (Å²) in [6.07, 6.45) is 2.38. The monoisotopic (exact) mass is 249 g/mol. The summed E-state index contributed by atoms with van der Waals surface area (Å²) in [5, 5.41) is 3.52. The molecule has 1 rings (SSSR count). The third kappa shape index (κ3) is 4.79. The van der Waals surface area contributed by atoms with Gasteiger partial charge in [-0.25, -0.2) is 0 Å². The minimum absolute atomic E-state index is 0.251. The first-order valence-electron chi connectivity index (χ1n) is 7.14. The van der Waals surface area contributed by atoms with Gasteiger partial charge >= 0.3 is 0 Å². The largest absolute Gasteiger partial charge is 0.377 e. The molecule has 0 aliphatic rings. The maximum Gasteiger partial charge on any atom is 0.0703 e. The topological polar surface area (TPSA) is 21.3 Å². The molecule has 0 bridgehead atoms. The Hall–Kier alpha value is -0.860. The average molecular weight is 249 g/mol. The van der Waals surface area contributed by atoms with E-state index in [4.69, 9.17) is 4.74 Å². The van der Waals surface area contributed by atoms with Gasteiger partial charge in [0.2, 0.25) is 0 Å². The van der Waals surface area contributed by atoms with Crippen LogP contribution in [0.15, 0.2) is 24.3 Å². The first-order chi connectivity index (χ1) is 8.71. The summed E-state index contributed by atoms with van der Waals surface area (Å²) in [5.74, 6) is 0. The molecule has 2 heteroatoms. The highest BCUT2D eigenvalue weighted by molar-refractivity contribution is 5.23. The van der Waals surface area contributed by atoms with E-state index in [9.17, 15) is 0 Å². The molecule has 102 valence electrons. The molecular formula is C16H27NO. The second-order valence-electron chi connectivity index (χ2n) is 4.70. The normalized spacial score (nSPS) is 14.4. The number of nitrogens with one attached hydrogen (secondary N) is 1. The van der Waals surface area contributed by atoms with Crippen LogP contribution >= 0.6 is 0 Å². The summed E-state index contributed by atoms with van der Waals surface area (Å²) in [6.45, 7) is 10.3. The summed E-state index contributed by atoms with van der Waals surface area (Å²) in [5.41, 5.74) is 2.78. The standard InChI is InChI=1S/C16H27NO/c1-5-14-8-10-15(11-9-14)12-16(17-6-2)13(4)18-7-3/h8-11,13,16-17H,5-7,12H2,1-4H3. The van der Waals surface area contributed by atoms with E-state index in [0.717, 1.165) is 26.0 Å². The fraction of sp³-hybridized carbons (Fsp3) is 0.625. The minimum atomic E-state index is 0.251. The van der Waals surface area contributed by atoms with Crippen LogP contribution in [0.25, 0.3) is 0 Å². The zero-order chi connectivity index (χ0) is 13.4. The molecule has 0 aromatic heterocycles. The van der Waals surface area contributed by atoms with Crippen LogP contribution in [0.1, 0.15) is 38.8 Å². The van der Waals surface area contributed by atoms with Gasteiger partial charge in [0.05, 0.1) is 6.10 Å². The van der Waals surface area contributed by atoms with Gasteiger partial charge in [-0.1, -0.05) is 38.1 Å². The van der Waals surface area contributed by atoms with Crippen molar-refractivity contribution in [2.45, 2.75) is 52.7 Å². The highest BCUT2D eigenvalue weighted by Crippen LogP contribution is 2.11. The van der Waals surface area contributed by atoms with Crippen LogP contribution in [0.4, 0.5) is 0 Å². The van der Waals surface area contributed by atoms with E-state index in [-0.39, 0.29) is 6.10 Å². The Labute approximate surface area is 112 Å². The van der Waals surface area contributed by atoms with Crippen LogP contribution in [0.2, 0.25) is 0 Å². The fourth-order valence-corrected chi connectivity index (χ4v) is 2.21. The molecule has 0 heterocycles. The first kappa shape index (κ1) is 15.2. The number of ether oxygens (including phenoxy) is 1. The lowest BCUT2D eigenvalue weighted by atomic mass is 10.0. The highest BCUT2D eigenvalue weighted by Gasteiger charge is 2.16. The molecule has 0 spiro atoms. The van der Waals surface area contributed by atoms with Gasteiger partial charge in [0, 0.05) is 12.6 Å². The van der Waals surface area contributed by atoms with Crippen molar-refractivity contribution in [1.29, 1.82) is 0 Å². The van der Waals surface area contributed by atoms with Gasteiger partial charge in [-0.3, -0.25) is 0 Å². The van der Waals surface area contributed by atoms with Crippen LogP contribution in [0.3, 0.4) is 0 Å². The van der Waals surface area contributed by atoms with Crippen molar-refractivity contribution in [2.24, 2.45) is 0 Å².